The largest absolute Gasteiger partial charge is 0.316 e. The third-order valence-electron chi connectivity index (χ3n) is 4.49. The first-order chi connectivity index (χ1) is 9.54. The second-order valence-electron chi connectivity index (χ2n) is 5.59. The first-order valence-electron chi connectivity index (χ1n) is 7.02. The Bertz CT molecular complexity index is 605. The Labute approximate surface area is 125 Å². The molecule has 2 fully saturated rings. The standard InChI is InChI=1S/C14H19ClN2O2S/c1-2-14-13-8-16-7-10(13)9-17(14)20(18,19)12-5-3-4-11(15)6-12/h3-6,10,13-14,16H,2,7-9H2,1H3. The maximum atomic E-state index is 12.8. The molecule has 0 saturated carbocycles. The van der Waals surface area contributed by atoms with Crippen LogP contribution in [-0.2, 0) is 10.0 Å². The Balaban J connectivity index is 1.95. The lowest BCUT2D eigenvalue weighted by atomic mass is 9.93. The molecule has 1 aromatic rings. The average molecular weight is 315 g/mol. The van der Waals surface area contributed by atoms with E-state index in [4.69, 9.17) is 11.6 Å². The summed E-state index contributed by atoms with van der Waals surface area (Å²) in [5, 5.41) is 3.83. The molecular formula is C14H19ClN2O2S. The molecule has 4 nitrogen and oxygen atoms in total. The summed E-state index contributed by atoms with van der Waals surface area (Å²) in [6, 6.07) is 6.64. The van der Waals surface area contributed by atoms with Crippen LogP contribution in [0.5, 0.6) is 0 Å². The highest BCUT2D eigenvalue weighted by molar-refractivity contribution is 7.89. The van der Waals surface area contributed by atoms with Crippen LogP contribution in [0.25, 0.3) is 0 Å². The van der Waals surface area contributed by atoms with Crippen molar-refractivity contribution < 1.29 is 8.42 Å². The Kier molecular flexibility index (Phi) is 3.79. The molecule has 0 aliphatic carbocycles. The van der Waals surface area contributed by atoms with Crippen molar-refractivity contribution in [3.63, 3.8) is 0 Å². The minimum atomic E-state index is -3.44. The quantitative estimate of drug-likeness (QED) is 0.928. The molecule has 3 atom stereocenters. The Morgan fingerprint density at radius 3 is 2.90 bits per heavy atom. The number of benzene rings is 1. The summed E-state index contributed by atoms with van der Waals surface area (Å²) in [7, 11) is -3.44. The van der Waals surface area contributed by atoms with Gasteiger partial charge in [0.05, 0.1) is 4.90 Å². The average Bonchev–Trinajstić information content (AvgIpc) is 2.98. The van der Waals surface area contributed by atoms with Crippen LogP contribution in [-0.4, -0.2) is 38.4 Å². The van der Waals surface area contributed by atoms with Crippen molar-refractivity contribution >= 4 is 21.6 Å². The summed E-state index contributed by atoms with van der Waals surface area (Å²) < 4.78 is 27.4. The van der Waals surface area contributed by atoms with Gasteiger partial charge in [-0.25, -0.2) is 8.42 Å². The van der Waals surface area contributed by atoms with Gasteiger partial charge in [0.2, 0.25) is 10.0 Å². The van der Waals surface area contributed by atoms with Gasteiger partial charge in [0.25, 0.3) is 0 Å². The van der Waals surface area contributed by atoms with Crippen molar-refractivity contribution in [3.05, 3.63) is 29.3 Å². The Morgan fingerprint density at radius 2 is 2.20 bits per heavy atom. The summed E-state index contributed by atoms with van der Waals surface area (Å²) in [6.07, 6.45) is 0.850. The van der Waals surface area contributed by atoms with E-state index in [1.54, 1.807) is 22.5 Å². The first-order valence-corrected chi connectivity index (χ1v) is 8.84. The summed E-state index contributed by atoms with van der Waals surface area (Å²) in [6.45, 7) is 4.52. The molecule has 2 heterocycles. The van der Waals surface area contributed by atoms with E-state index in [1.165, 1.54) is 6.07 Å². The van der Waals surface area contributed by atoms with Crippen molar-refractivity contribution in [1.29, 1.82) is 0 Å². The van der Waals surface area contributed by atoms with Gasteiger partial charge in [-0.05, 0) is 49.5 Å². The van der Waals surface area contributed by atoms with E-state index in [-0.39, 0.29) is 6.04 Å². The third-order valence-corrected chi connectivity index (χ3v) is 6.61. The van der Waals surface area contributed by atoms with Gasteiger partial charge < -0.3 is 5.32 Å². The molecule has 2 aliphatic rings. The normalized spacial score (nSPS) is 30.6. The van der Waals surface area contributed by atoms with Crippen LogP contribution in [0.4, 0.5) is 0 Å². The summed E-state index contributed by atoms with van der Waals surface area (Å²) >= 11 is 5.93. The highest BCUT2D eigenvalue weighted by atomic mass is 35.5. The minimum absolute atomic E-state index is 0.0963. The van der Waals surface area contributed by atoms with Gasteiger partial charge in [-0.1, -0.05) is 24.6 Å². The Morgan fingerprint density at radius 1 is 1.40 bits per heavy atom. The predicted molar refractivity (Wildman–Crippen MR) is 79.3 cm³/mol. The van der Waals surface area contributed by atoms with Crippen LogP contribution in [0.2, 0.25) is 5.02 Å². The Hall–Kier alpha value is -0.620. The van der Waals surface area contributed by atoms with Crippen LogP contribution in [0.3, 0.4) is 0 Å². The number of hydrogen-bond acceptors (Lipinski definition) is 3. The number of nitrogens with one attached hydrogen (secondary N) is 1. The van der Waals surface area contributed by atoms with Gasteiger partial charge in [0, 0.05) is 17.6 Å². The zero-order valence-corrected chi connectivity index (χ0v) is 13.0. The monoisotopic (exact) mass is 314 g/mol. The fraction of sp³-hybridized carbons (Fsp3) is 0.571. The van der Waals surface area contributed by atoms with Crippen LogP contribution >= 0.6 is 11.6 Å². The fourth-order valence-electron chi connectivity index (χ4n) is 3.53. The lowest BCUT2D eigenvalue weighted by Gasteiger charge is -2.26. The summed E-state index contributed by atoms with van der Waals surface area (Å²) in [4.78, 5) is 0.302. The van der Waals surface area contributed by atoms with Crippen LogP contribution in [0.15, 0.2) is 29.2 Å². The van der Waals surface area contributed by atoms with Crippen molar-refractivity contribution in [3.8, 4) is 0 Å². The van der Waals surface area contributed by atoms with Crippen molar-refractivity contribution in [1.82, 2.24) is 9.62 Å². The lowest BCUT2D eigenvalue weighted by molar-refractivity contribution is 0.329. The van der Waals surface area contributed by atoms with E-state index in [0.717, 1.165) is 19.5 Å². The molecule has 20 heavy (non-hydrogen) atoms. The molecule has 2 aliphatic heterocycles. The molecule has 0 amide bonds. The van der Waals surface area contributed by atoms with Gasteiger partial charge in [-0.2, -0.15) is 4.31 Å². The first kappa shape index (κ1) is 14.3. The molecule has 0 radical (unpaired) electrons. The van der Waals surface area contributed by atoms with Gasteiger partial charge in [0.15, 0.2) is 0 Å². The van der Waals surface area contributed by atoms with E-state index < -0.39 is 10.0 Å². The van der Waals surface area contributed by atoms with Crippen molar-refractivity contribution in [2.75, 3.05) is 19.6 Å². The van der Waals surface area contributed by atoms with Gasteiger partial charge in [0.1, 0.15) is 0 Å². The van der Waals surface area contributed by atoms with E-state index in [1.807, 2.05) is 0 Å². The van der Waals surface area contributed by atoms with E-state index in [9.17, 15) is 8.42 Å². The molecule has 2 saturated heterocycles. The highest BCUT2D eigenvalue weighted by Gasteiger charge is 2.48. The molecule has 0 bridgehead atoms. The molecular weight excluding hydrogens is 296 g/mol. The van der Waals surface area contributed by atoms with Gasteiger partial charge in [-0.15, -0.1) is 0 Å². The number of sulfonamides is 1. The number of fused-ring (bicyclic) bond motifs is 1. The van der Waals surface area contributed by atoms with Crippen molar-refractivity contribution in [2.45, 2.75) is 24.3 Å². The van der Waals surface area contributed by atoms with Crippen LogP contribution in [0.1, 0.15) is 13.3 Å². The van der Waals surface area contributed by atoms with Gasteiger partial charge >= 0.3 is 0 Å². The number of nitrogens with zero attached hydrogens (tertiary/aromatic N) is 1. The molecule has 1 aromatic carbocycles. The zero-order valence-electron chi connectivity index (χ0n) is 11.4. The van der Waals surface area contributed by atoms with E-state index >= 15 is 0 Å². The third kappa shape index (κ3) is 2.26. The topological polar surface area (TPSA) is 49.4 Å². The zero-order chi connectivity index (χ0) is 14.3. The van der Waals surface area contributed by atoms with Crippen LogP contribution < -0.4 is 5.32 Å². The predicted octanol–water partition coefficient (Wildman–Crippen LogP) is 1.96. The molecule has 110 valence electrons. The molecule has 3 rings (SSSR count). The number of rotatable bonds is 3. The summed E-state index contributed by atoms with van der Waals surface area (Å²) in [5.74, 6) is 0.878. The van der Waals surface area contributed by atoms with E-state index in [0.29, 0.717) is 28.3 Å². The van der Waals surface area contributed by atoms with Crippen molar-refractivity contribution in [2.24, 2.45) is 11.8 Å². The maximum absolute atomic E-state index is 12.8. The maximum Gasteiger partial charge on any atom is 0.243 e. The smallest absolute Gasteiger partial charge is 0.243 e. The molecule has 0 spiro atoms. The summed E-state index contributed by atoms with van der Waals surface area (Å²) in [5.41, 5.74) is 0. The number of hydrogen-bond donors (Lipinski definition) is 1. The minimum Gasteiger partial charge on any atom is -0.316 e. The second kappa shape index (κ2) is 5.30. The molecule has 3 unspecified atom stereocenters. The highest BCUT2D eigenvalue weighted by Crippen LogP contribution is 2.37. The SMILES string of the molecule is CCC1C2CNCC2CN1S(=O)(=O)c1cccc(Cl)c1. The molecule has 1 N–H and O–H groups in total. The fourth-order valence-corrected chi connectivity index (χ4v) is 5.63. The number of halogens is 1. The van der Waals surface area contributed by atoms with Gasteiger partial charge in [-0.3, -0.25) is 0 Å². The molecule has 0 aromatic heterocycles. The molecule has 6 heteroatoms. The van der Waals surface area contributed by atoms with E-state index in [2.05, 4.69) is 12.2 Å². The van der Waals surface area contributed by atoms with Crippen LogP contribution in [0, 0.1) is 11.8 Å². The second-order valence-corrected chi connectivity index (χ2v) is 7.92. The lowest BCUT2D eigenvalue weighted by Crippen LogP contribution is -2.39.